The van der Waals surface area contributed by atoms with Crippen LogP contribution in [0.2, 0.25) is 0 Å². The smallest absolute Gasteiger partial charge is 0.313 e. The third-order valence-corrected chi connectivity index (χ3v) is 5.22. The number of hydrogen-bond donors (Lipinski definition) is 1. The lowest BCUT2D eigenvalue weighted by molar-refractivity contribution is -0.133. The van der Waals surface area contributed by atoms with Crippen molar-refractivity contribution in [3.63, 3.8) is 0 Å². The molecule has 0 spiro atoms. The van der Waals surface area contributed by atoms with Crippen LogP contribution in [0.3, 0.4) is 0 Å². The van der Waals surface area contributed by atoms with Gasteiger partial charge in [0.25, 0.3) is 0 Å². The van der Waals surface area contributed by atoms with E-state index in [-0.39, 0.29) is 5.75 Å². The summed E-state index contributed by atoms with van der Waals surface area (Å²) in [6.45, 7) is 0.859. The number of aromatic nitrogens is 3. The number of carboxylic acids is 1. The Bertz CT molecular complexity index is 670. The van der Waals surface area contributed by atoms with E-state index >= 15 is 0 Å². The summed E-state index contributed by atoms with van der Waals surface area (Å²) in [7, 11) is 0. The fourth-order valence-electron chi connectivity index (χ4n) is 2.50. The van der Waals surface area contributed by atoms with Crippen molar-refractivity contribution in [3.8, 4) is 0 Å². The van der Waals surface area contributed by atoms with Crippen molar-refractivity contribution < 1.29 is 9.90 Å². The van der Waals surface area contributed by atoms with Crippen LogP contribution in [0.5, 0.6) is 0 Å². The Morgan fingerprint density at radius 1 is 1.52 bits per heavy atom. The van der Waals surface area contributed by atoms with Gasteiger partial charge in [0.2, 0.25) is 0 Å². The van der Waals surface area contributed by atoms with E-state index in [1.54, 1.807) is 6.20 Å². The van der Waals surface area contributed by atoms with Crippen molar-refractivity contribution in [2.45, 2.75) is 37.4 Å². The largest absolute Gasteiger partial charge is 0.481 e. The molecule has 0 aromatic carbocycles. The van der Waals surface area contributed by atoms with Crippen LogP contribution in [0.25, 0.3) is 11.2 Å². The van der Waals surface area contributed by atoms with Crippen molar-refractivity contribution >= 4 is 44.8 Å². The van der Waals surface area contributed by atoms with Crippen LogP contribution < -0.4 is 0 Å². The molecule has 1 aliphatic carbocycles. The number of aryl methyl sites for hydroxylation is 1. The van der Waals surface area contributed by atoms with Crippen LogP contribution >= 0.6 is 27.7 Å². The van der Waals surface area contributed by atoms with E-state index in [4.69, 9.17) is 5.11 Å². The van der Waals surface area contributed by atoms with Crippen molar-refractivity contribution in [2.24, 2.45) is 5.92 Å². The number of carboxylic acid groups (broad SMARTS) is 1. The van der Waals surface area contributed by atoms with Gasteiger partial charge in [-0.1, -0.05) is 31.0 Å². The molecule has 21 heavy (non-hydrogen) atoms. The van der Waals surface area contributed by atoms with Crippen molar-refractivity contribution in [1.29, 1.82) is 0 Å². The molecule has 2 heterocycles. The molecule has 5 nitrogen and oxygen atoms in total. The fourth-order valence-corrected chi connectivity index (χ4v) is 3.57. The lowest BCUT2D eigenvalue weighted by atomic mass is 9.83. The van der Waals surface area contributed by atoms with Gasteiger partial charge >= 0.3 is 5.97 Å². The monoisotopic (exact) mass is 369 g/mol. The Balaban J connectivity index is 1.87. The maximum Gasteiger partial charge on any atom is 0.313 e. The molecule has 0 unspecified atom stereocenters. The van der Waals surface area contributed by atoms with Gasteiger partial charge in [0.1, 0.15) is 5.52 Å². The number of fused-ring (bicyclic) bond motifs is 1. The Labute approximate surface area is 135 Å². The number of thioether (sulfide) groups is 1. The third-order valence-electron chi connectivity index (χ3n) is 3.83. The molecule has 7 heteroatoms. The zero-order chi connectivity index (χ0) is 14.8. The van der Waals surface area contributed by atoms with Crippen molar-refractivity contribution in [3.05, 3.63) is 16.7 Å². The number of pyridine rings is 1. The number of nitrogens with zero attached hydrogens (tertiary/aromatic N) is 3. The van der Waals surface area contributed by atoms with Gasteiger partial charge in [-0.15, -0.1) is 0 Å². The highest BCUT2D eigenvalue weighted by Crippen LogP contribution is 2.31. The maximum absolute atomic E-state index is 10.8. The first-order valence-electron chi connectivity index (χ1n) is 7.00. The molecule has 1 saturated carbocycles. The second-order valence-corrected chi connectivity index (χ2v) is 7.17. The first kappa shape index (κ1) is 14.8. The average molecular weight is 370 g/mol. The Kier molecular flexibility index (Phi) is 4.49. The zero-order valence-electron chi connectivity index (χ0n) is 11.5. The van der Waals surface area contributed by atoms with Crippen molar-refractivity contribution in [1.82, 2.24) is 14.5 Å². The Morgan fingerprint density at radius 2 is 2.33 bits per heavy atom. The number of imidazole rings is 1. The van der Waals surface area contributed by atoms with Gasteiger partial charge in [-0.3, -0.25) is 4.79 Å². The van der Waals surface area contributed by atoms with Crippen LogP contribution in [0.4, 0.5) is 0 Å². The predicted octanol–water partition coefficient (Wildman–Crippen LogP) is 3.56. The quantitative estimate of drug-likeness (QED) is 0.788. The minimum atomic E-state index is -0.827. The summed E-state index contributed by atoms with van der Waals surface area (Å²) >= 11 is 4.66. The molecule has 0 atom stereocenters. The van der Waals surface area contributed by atoms with Crippen LogP contribution in [0.1, 0.15) is 25.7 Å². The number of hydrogen-bond acceptors (Lipinski definition) is 4. The maximum atomic E-state index is 10.8. The summed E-state index contributed by atoms with van der Waals surface area (Å²) < 4.78 is 2.95. The average Bonchev–Trinajstić information content (AvgIpc) is 2.72. The van der Waals surface area contributed by atoms with E-state index in [0.717, 1.165) is 39.7 Å². The lowest BCUT2D eigenvalue weighted by Crippen LogP contribution is -2.14. The van der Waals surface area contributed by atoms with E-state index in [1.807, 2.05) is 6.07 Å². The van der Waals surface area contributed by atoms with E-state index in [0.29, 0.717) is 0 Å². The third kappa shape index (κ3) is 3.40. The van der Waals surface area contributed by atoms with Gasteiger partial charge in [-0.05, 0) is 34.3 Å². The van der Waals surface area contributed by atoms with Gasteiger partial charge in [-0.25, -0.2) is 9.97 Å². The molecule has 0 aliphatic heterocycles. The molecule has 1 N–H and O–H groups in total. The number of carbonyl (C=O) groups is 1. The highest BCUT2D eigenvalue weighted by atomic mass is 79.9. The molecule has 112 valence electrons. The molecule has 2 aromatic heterocycles. The van der Waals surface area contributed by atoms with Crippen LogP contribution in [-0.4, -0.2) is 31.4 Å². The SMILES string of the molecule is O=C(O)CSc1nc2cc(Br)cnc2n1CCC1CCC1. The first-order chi connectivity index (χ1) is 10.1. The second-order valence-electron chi connectivity index (χ2n) is 5.31. The number of rotatable bonds is 6. The normalized spacial score (nSPS) is 15.3. The molecule has 3 rings (SSSR count). The molecule has 0 saturated heterocycles. The first-order valence-corrected chi connectivity index (χ1v) is 8.77. The van der Waals surface area contributed by atoms with Gasteiger partial charge in [-0.2, -0.15) is 0 Å². The molecule has 0 amide bonds. The van der Waals surface area contributed by atoms with Gasteiger partial charge in [0, 0.05) is 17.2 Å². The van der Waals surface area contributed by atoms with Crippen LogP contribution in [0, 0.1) is 5.92 Å². The Hall–Kier alpha value is -1.08. The summed E-state index contributed by atoms with van der Waals surface area (Å²) in [5.41, 5.74) is 1.65. The van der Waals surface area contributed by atoms with Gasteiger partial charge < -0.3 is 9.67 Å². The van der Waals surface area contributed by atoms with Gasteiger partial charge in [0.15, 0.2) is 10.8 Å². The van der Waals surface area contributed by atoms with Crippen LogP contribution in [-0.2, 0) is 11.3 Å². The molecule has 2 aromatic rings. The predicted molar refractivity (Wildman–Crippen MR) is 85.5 cm³/mol. The molecule has 0 bridgehead atoms. The molecular formula is C14H16BrN3O2S. The van der Waals surface area contributed by atoms with E-state index in [1.165, 1.54) is 31.0 Å². The topological polar surface area (TPSA) is 68.0 Å². The van der Waals surface area contributed by atoms with E-state index in [2.05, 4.69) is 30.5 Å². The number of halogens is 1. The summed E-state index contributed by atoms with van der Waals surface area (Å²) in [6.07, 6.45) is 6.83. The Morgan fingerprint density at radius 3 is 3.00 bits per heavy atom. The molecule has 1 fully saturated rings. The summed E-state index contributed by atoms with van der Waals surface area (Å²) in [6, 6.07) is 1.92. The van der Waals surface area contributed by atoms with E-state index < -0.39 is 5.97 Å². The van der Waals surface area contributed by atoms with Gasteiger partial charge in [0.05, 0.1) is 5.75 Å². The zero-order valence-corrected chi connectivity index (χ0v) is 13.9. The van der Waals surface area contributed by atoms with Crippen molar-refractivity contribution in [2.75, 3.05) is 5.75 Å². The lowest BCUT2D eigenvalue weighted by Gasteiger charge is -2.25. The fraction of sp³-hybridized carbons (Fsp3) is 0.500. The molecular weight excluding hydrogens is 354 g/mol. The molecule has 0 radical (unpaired) electrons. The standard InChI is InChI=1S/C14H16BrN3O2S/c15-10-6-11-13(16-7-10)18(5-4-9-2-1-3-9)14(17-11)21-8-12(19)20/h6-7,9H,1-5,8H2,(H,19,20). The molecule has 1 aliphatic rings. The summed E-state index contributed by atoms with van der Waals surface area (Å²) in [5.74, 6) is -0.00422. The summed E-state index contributed by atoms with van der Waals surface area (Å²) in [4.78, 5) is 19.8. The highest BCUT2D eigenvalue weighted by Gasteiger charge is 2.19. The van der Waals surface area contributed by atoms with Crippen LogP contribution in [0.15, 0.2) is 21.9 Å². The minimum absolute atomic E-state index is 0.0217. The van der Waals surface area contributed by atoms with E-state index in [9.17, 15) is 4.79 Å². The number of aliphatic carboxylic acids is 1. The minimum Gasteiger partial charge on any atom is -0.481 e. The summed E-state index contributed by atoms with van der Waals surface area (Å²) in [5, 5.41) is 9.62. The highest BCUT2D eigenvalue weighted by molar-refractivity contribution is 9.10. The second kappa shape index (κ2) is 6.36.